The predicted molar refractivity (Wildman–Crippen MR) is 69.1 cm³/mol. The highest BCUT2D eigenvalue weighted by Crippen LogP contribution is 2.02. The second-order valence-corrected chi connectivity index (χ2v) is 4.71. The van der Waals surface area contributed by atoms with E-state index in [0.717, 1.165) is 5.56 Å². The predicted octanol–water partition coefficient (Wildman–Crippen LogP) is 0.0499. The summed E-state index contributed by atoms with van der Waals surface area (Å²) < 4.78 is 22.8. The lowest BCUT2D eigenvalue weighted by Crippen LogP contribution is -2.45. The van der Waals surface area contributed by atoms with Gasteiger partial charge in [-0.25, -0.2) is 9.44 Å². The first-order valence-electron chi connectivity index (χ1n) is 4.59. The van der Waals surface area contributed by atoms with E-state index in [1.54, 1.807) is 0 Å². The summed E-state index contributed by atoms with van der Waals surface area (Å²) in [5.74, 6) is -0.571. The molecule has 1 aromatic carbocycles. The quantitative estimate of drug-likeness (QED) is 0.534. The maximum Gasteiger partial charge on any atom is 0.301 e. The number of benzene rings is 1. The van der Waals surface area contributed by atoms with Crippen LogP contribution in [-0.2, 0) is 16.6 Å². The molecule has 0 unspecified atom stereocenters. The lowest BCUT2D eigenvalue weighted by Gasteiger charge is -2.19. The topological polar surface area (TPSA) is 113 Å². The van der Waals surface area contributed by atoms with Gasteiger partial charge in [-0.15, -0.1) is 12.4 Å². The minimum Gasteiger partial charge on any atom is -0.369 e. The summed E-state index contributed by atoms with van der Waals surface area (Å²) in [5, 5.41) is 12.0. The number of halogens is 1. The van der Waals surface area contributed by atoms with E-state index in [0.29, 0.717) is 10.7 Å². The molecule has 1 rings (SSSR count). The molecule has 0 radical (unpaired) electrons. The number of hydrogen-bond acceptors (Lipinski definition) is 3. The summed E-state index contributed by atoms with van der Waals surface area (Å²) in [6, 6.07) is 9.30. The fourth-order valence-corrected chi connectivity index (χ4v) is 1.88. The first-order valence-corrected chi connectivity index (χ1v) is 6.10. The molecule has 17 heavy (non-hydrogen) atoms. The maximum atomic E-state index is 11.1. The van der Waals surface area contributed by atoms with E-state index in [2.05, 4.69) is 0 Å². The van der Waals surface area contributed by atoms with Crippen LogP contribution in [0.1, 0.15) is 5.56 Å². The van der Waals surface area contributed by atoms with Crippen LogP contribution < -0.4 is 10.9 Å². The van der Waals surface area contributed by atoms with Gasteiger partial charge in [0, 0.05) is 6.54 Å². The molecule has 0 saturated carbocycles. The van der Waals surface area contributed by atoms with Crippen molar-refractivity contribution in [3.8, 4) is 0 Å². The number of guanidine groups is 1. The molecule has 0 bridgehead atoms. The summed E-state index contributed by atoms with van der Waals surface area (Å²) in [7, 11) is -3.95. The molecule has 6 nitrogen and oxygen atoms in total. The molecule has 8 heteroatoms. The SMILES string of the molecule is Cl.N=C(N)N(CCc1ccccc1)S(N)(=O)=O. The van der Waals surface area contributed by atoms with Gasteiger partial charge in [0.2, 0.25) is 5.96 Å². The molecule has 0 heterocycles. The van der Waals surface area contributed by atoms with E-state index in [9.17, 15) is 8.42 Å². The highest BCUT2D eigenvalue weighted by atomic mass is 35.5. The minimum atomic E-state index is -3.95. The van der Waals surface area contributed by atoms with Crippen LogP contribution >= 0.6 is 12.4 Å². The summed E-state index contributed by atoms with van der Waals surface area (Å²) in [4.78, 5) is 0. The zero-order valence-corrected chi connectivity index (χ0v) is 10.7. The summed E-state index contributed by atoms with van der Waals surface area (Å²) in [5.41, 5.74) is 6.09. The van der Waals surface area contributed by atoms with Crippen LogP contribution in [0.4, 0.5) is 0 Å². The third-order valence-corrected chi connectivity index (χ3v) is 3.02. The van der Waals surface area contributed by atoms with Crippen LogP contribution in [0.5, 0.6) is 0 Å². The van der Waals surface area contributed by atoms with E-state index in [1.807, 2.05) is 30.3 Å². The summed E-state index contributed by atoms with van der Waals surface area (Å²) >= 11 is 0. The molecule has 0 aromatic heterocycles. The average Bonchev–Trinajstić information content (AvgIpc) is 2.17. The molecule has 0 atom stereocenters. The van der Waals surface area contributed by atoms with Crippen LogP contribution in [-0.4, -0.2) is 25.2 Å². The van der Waals surface area contributed by atoms with Crippen molar-refractivity contribution in [2.45, 2.75) is 6.42 Å². The highest BCUT2D eigenvalue weighted by Gasteiger charge is 2.17. The third-order valence-electron chi connectivity index (χ3n) is 2.02. The van der Waals surface area contributed by atoms with Gasteiger partial charge >= 0.3 is 10.2 Å². The van der Waals surface area contributed by atoms with Gasteiger partial charge in [0.1, 0.15) is 0 Å². The van der Waals surface area contributed by atoms with Gasteiger partial charge in [-0.1, -0.05) is 30.3 Å². The molecule has 0 saturated heterocycles. The van der Waals surface area contributed by atoms with Crippen molar-refractivity contribution in [2.75, 3.05) is 6.54 Å². The monoisotopic (exact) mass is 278 g/mol. The highest BCUT2D eigenvalue weighted by molar-refractivity contribution is 7.87. The smallest absolute Gasteiger partial charge is 0.301 e. The van der Waals surface area contributed by atoms with E-state index in [4.69, 9.17) is 16.3 Å². The van der Waals surface area contributed by atoms with E-state index in [1.165, 1.54) is 0 Å². The molecular formula is C9H15ClN4O2S. The van der Waals surface area contributed by atoms with Gasteiger partial charge in [0.05, 0.1) is 0 Å². The fraction of sp³-hybridized carbons (Fsp3) is 0.222. The van der Waals surface area contributed by atoms with Crippen molar-refractivity contribution in [3.05, 3.63) is 35.9 Å². The van der Waals surface area contributed by atoms with E-state index < -0.39 is 16.2 Å². The first kappa shape index (κ1) is 15.7. The number of nitrogens with one attached hydrogen (secondary N) is 1. The molecule has 5 N–H and O–H groups in total. The van der Waals surface area contributed by atoms with Crippen molar-refractivity contribution >= 4 is 28.6 Å². The second-order valence-electron chi connectivity index (χ2n) is 3.24. The normalized spacial score (nSPS) is 10.4. The summed E-state index contributed by atoms with van der Waals surface area (Å²) in [6.45, 7) is 0.0676. The van der Waals surface area contributed by atoms with Crippen LogP contribution in [0.25, 0.3) is 0 Å². The van der Waals surface area contributed by atoms with Gasteiger partial charge in [0.15, 0.2) is 0 Å². The largest absolute Gasteiger partial charge is 0.369 e. The summed E-state index contributed by atoms with van der Waals surface area (Å²) in [6.07, 6.45) is 0.455. The van der Waals surface area contributed by atoms with Crippen LogP contribution in [0.2, 0.25) is 0 Å². The number of nitrogens with two attached hydrogens (primary N) is 2. The van der Waals surface area contributed by atoms with Gasteiger partial charge in [0.25, 0.3) is 0 Å². The van der Waals surface area contributed by atoms with Crippen LogP contribution in [0, 0.1) is 5.41 Å². The first-order chi connectivity index (χ1) is 7.41. The Morgan fingerprint density at radius 3 is 2.24 bits per heavy atom. The second kappa shape index (κ2) is 6.43. The molecule has 0 spiro atoms. The van der Waals surface area contributed by atoms with Gasteiger partial charge in [-0.2, -0.15) is 8.42 Å². The Morgan fingerprint density at radius 1 is 1.29 bits per heavy atom. The molecule has 0 aliphatic carbocycles. The zero-order valence-electron chi connectivity index (χ0n) is 9.04. The molecule has 0 aliphatic rings. The Balaban J connectivity index is 0.00000256. The van der Waals surface area contributed by atoms with Crippen LogP contribution in [0.3, 0.4) is 0 Å². The molecule has 0 amide bonds. The third kappa shape index (κ3) is 5.03. The molecular weight excluding hydrogens is 264 g/mol. The Bertz CT molecular complexity index is 463. The zero-order chi connectivity index (χ0) is 12.2. The van der Waals surface area contributed by atoms with Crippen LogP contribution in [0.15, 0.2) is 30.3 Å². The Kier molecular flexibility index (Phi) is 5.94. The maximum absolute atomic E-state index is 11.1. The Labute approximate surface area is 107 Å². The van der Waals surface area contributed by atoms with Crippen molar-refractivity contribution in [2.24, 2.45) is 10.9 Å². The van der Waals surface area contributed by atoms with E-state index in [-0.39, 0.29) is 19.0 Å². The number of rotatable bonds is 4. The molecule has 1 aromatic rings. The minimum absolute atomic E-state index is 0. The molecule has 96 valence electrons. The van der Waals surface area contributed by atoms with Crippen molar-refractivity contribution < 1.29 is 8.42 Å². The van der Waals surface area contributed by atoms with Gasteiger partial charge in [-0.05, 0) is 12.0 Å². The Morgan fingerprint density at radius 2 is 1.82 bits per heavy atom. The van der Waals surface area contributed by atoms with E-state index >= 15 is 0 Å². The van der Waals surface area contributed by atoms with Crippen molar-refractivity contribution in [1.29, 1.82) is 5.41 Å². The van der Waals surface area contributed by atoms with Crippen molar-refractivity contribution in [3.63, 3.8) is 0 Å². The molecule has 0 fully saturated rings. The Hall–Kier alpha value is -1.31. The lowest BCUT2D eigenvalue weighted by atomic mass is 10.1. The lowest BCUT2D eigenvalue weighted by molar-refractivity contribution is 0.519. The molecule has 0 aliphatic heterocycles. The standard InChI is InChI=1S/C9H14N4O2S.ClH/c10-9(11)13(16(12,14)15)7-6-8-4-2-1-3-5-8;/h1-5H,6-7H2,(H3,10,11)(H2,12,14,15);1H. The van der Waals surface area contributed by atoms with Gasteiger partial charge < -0.3 is 5.73 Å². The average molecular weight is 279 g/mol. The van der Waals surface area contributed by atoms with Crippen molar-refractivity contribution in [1.82, 2.24) is 4.31 Å². The fourth-order valence-electron chi connectivity index (χ4n) is 1.26. The number of nitrogens with zero attached hydrogens (tertiary/aromatic N) is 1. The van der Waals surface area contributed by atoms with Gasteiger partial charge in [-0.3, -0.25) is 5.41 Å². The number of hydrogen-bond donors (Lipinski definition) is 3.